The van der Waals surface area contributed by atoms with Crippen molar-refractivity contribution in [2.45, 2.75) is 44.4 Å². The molecule has 0 radical (unpaired) electrons. The Hall–Kier alpha value is -1.39. The van der Waals surface area contributed by atoms with E-state index in [2.05, 4.69) is 5.32 Å². The molecule has 1 aromatic carbocycles. The fraction of sp³-hybridized carbons (Fsp3) is 0.533. The van der Waals surface area contributed by atoms with Crippen molar-refractivity contribution in [1.29, 1.82) is 0 Å². The molecule has 3 N–H and O–H groups in total. The van der Waals surface area contributed by atoms with Crippen molar-refractivity contribution in [3.63, 3.8) is 0 Å². The molecule has 0 aliphatic carbocycles. The van der Waals surface area contributed by atoms with E-state index >= 15 is 0 Å². The van der Waals surface area contributed by atoms with Crippen LogP contribution in [0.2, 0.25) is 0 Å². The predicted octanol–water partition coefficient (Wildman–Crippen LogP) is 1.54. The van der Waals surface area contributed by atoms with E-state index in [0.717, 1.165) is 18.4 Å². The Morgan fingerprint density at radius 2 is 2.05 bits per heavy atom. The second-order valence-electron chi connectivity index (χ2n) is 5.54. The first kappa shape index (κ1) is 14.0. The van der Waals surface area contributed by atoms with Crippen molar-refractivity contribution < 1.29 is 9.53 Å². The van der Waals surface area contributed by atoms with Gasteiger partial charge in [-0.05, 0) is 32.3 Å². The zero-order valence-corrected chi connectivity index (χ0v) is 11.6. The number of ether oxygens (including phenoxy) is 1. The summed E-state index contributed by atoms with van der Waals surface area (Å²) in [5.74, 6) is -0.0511. The van der Waals surface area contributed by atoms with E-state index in [1.165, 1.54) is 0 Å². The van der Waals surface area contributed by atoms with Gasteiger partial charge in [0.05, 0.1) is 11.6 Å². The number of rotatable bonds is 4. The molecule has 19 heavy (non-hydrogen) atoms. The van der Waals surface area contributed by atoms with E-state index in [9.17, 15) is 4.79 Å². The third-order valence-corrected chi connectivity index (χ3v) is 3.59. The Labute approximate surface area is 114 Å². The highest BCUT2D eigenvalue weighted by molar-refractivity contribution is 5.81. The maximum absolute atomic E-state index is 12.2. The molecule has 0 bridgehead atoms. The molecule has 1 amide bonds. The highest BCUT2D eigenvalue weighted by Gasteiger charge is 2.33. The van der Waals surface area contributed by atoms with Crippen LogP contribution in [0.1, 0.15) is 32.3 Å². The van der Waals surface area contributed by atoms with Crippen molar-refractivity contribution in [3.05, 3.63) is 35.9 Å². The summed E-state index contributed by atoms with van der Waals surface area (Å²) in [6.45, 7) is 4.47. The van der Waals surface area contributed by atoms with E-state index in [0.29, 0.717) is 6.54 Å². The predicted molar refractivity (Wildman–Crippen MR) is 74.6 cm³/mol. The molecule has 1 fully saturated rings. The molecule has 2 atom stereocenters. The van der Waals surface area contributed by atoms with Crippen molar-refractivity contribution in [3.8, 4) is 0 Å². The normalized spacial score (nSPS) is 23.3. The van der Waals surface area contributed by atoms with E-state index < -0.39 is 5.54 Å². The van der Waals surface area contributed by atoms with Crippen LogP contribution in [0.5, 0.6) is 0 Å². The molecule has 1 aliphatic rings. The van der Waals surface area contributed by atoms with Gasteiger partial charge in [-0.1, -0.05) is 30.3 Å². The van der Waals surface area contributed by atoms with Crippen LogP contribution in [0.15, 0.2) is 30.3 Å². The summed E-state index contributed by atoms with van der Waals surface area (Å²) < 4.78 is 5.62. The molecule has 0 saturated carbocycles. The number of carbonyl (C=O) groups excluding carboxylic acids is 1. The van der Waals surface area contributed by atoms with Crippen LogP contribution in [-0.4, -0.2) is 24.7 Å². The quantitative estimate of drug-likeness (QED) is 0.865. The van der Waals surface area contributed by atoms with E-state index in [1.807, 2.05) is 44.2 Å². The molecule has 4 heteroatoms. The van der Waals surface area contributed by atoms with Gasteiger partial charge < -0.3 is 15.8 Å². The first-order valence-corrected chi connectivity index (χ1v) is 6.76. The lowest BCUT2D eigenvalue weighted by molar-refractivity contribution is -0.133. The van der Waals surface area contributed by atoms with Crippen LogP contribution < -0.4 is 11.1 Å². The maximum atomic E-state index is 12.2. The summed E-state index contributed by atoms with van der Waals surface area (Å²) in [7, 11) is 0. The van der Waals surface area contributed by atoms with Crippen LogP contribution in [-0.2, 0) is 15.1 Å². The first-order valence-electron chi connectivity index (χ1n) is 6.76. The zero-order valence-electron chi connectivity index (χ0n) is 11.6. The molecule has 1 heterocycles. The minimum atomic E-state index is -0.400. The molecular formula is C15H22N2O2. The van der Waals surface area contributed by atoms with Crippen LogP contribution in [0.25, 0.3) is 0 Å². The molecule has 1 aliphatic heterocycles. The zero-order chi connectivity index (χ0) is 13.9. The molecule has 2 rings (SSSR count). The summed E-state index contributed by atoms with van der Waals surface area (Å²) >= 11 is 0. The molecule has 1 aromatic rings. The van der Waals surface area contributed by atoms with Crippen LogP contribution >= 0.6 is 0 Å². The van der Waals surface area contributed by atoms with E-state index in [-0.39, 0.29) is 18.1 Å². The highest BCUT2D eigenvalue weighted by Crippen LogP contribution is 2.23. The van der Waals surface area contributed by atoms with Crippen molar-refractivity contribution >= 4 is 5.91 Å². The third kappa shape index (κ3) is 3.33. The molecule has 1 saturated heterocycles. The first-order chi connectivity index (χ1) is 9.03. The fourth-order valence-electron chi connectivity index (χ4n) is 2.39. The van der Waals surface area contributed by atoms with Gasteiger partial charge in [-0.3, -0.25) is 4.79 Å². The Bertz CT molecular complexity index is 431. The van der Waals surface area contributed by atoms with Crippen LogP contribution in [0.4, 0.5) is 0 Å². The summed E-state index contributed by atoms with van der Waals surface area (Å²) in [5, 5.41) is 3.05. The Kier molecular flexibility index (Phi) is 4.22. The largest absolute Gasteiger partial charge is 0.364 e. The fourth-order valence-corrected chi connectivity index (χ4v) is 2.39. The van der Waals surface area contributed by atoms with Gasteiger partial charge in [0.25, 0.3) is 0 Å². The molecule has 0 aromatic heterocycles. The molecule has 0 spiro atoms. The number of nitrogens with one attached hydrogen (secondary N) is 1. The van der Waals surface area contributed by atoms with Gasteiger partial charge in [0.15, 0.2) is 0 Å². The Balaban J connectivity index is 1.99. The number of nitrogens with two attached hydrogens (primary N) is 1. The van der Waals surface area contributed by atoms with Gasteiger partial charge in [0.2, 0.25) is 5.91 Å². The minimum Gasteiger partial charge on any atom is -0.364 e. The molecule has 4 nitrogen and oxygen atoms in total. The second-order valence-corrected chi connectivity index (χ2v) is 5.54. The van der Waals surface area contributed by atoms with E-state index in [4.69, 9.17) is 10.5 Å². The molecular weight excluding hydrogens is 240 g/mol. The van der Waals surface area contributed by atoms with Crippen molar-refractivity contribution in [2.75, 3.05) is 6.54 Å². The van der Waals surface area contributed by atoms with Crippen molar-refractivity contribution in [2.24, 2.45) is 5.73 Å². The van der Waals surface area contributed by atoms with Gasteiger partial charge in [-0.2, -0.15) is 0 Å². The lowest BCUT2D eigenvalue weighted by Gasteiger charge is -2.28. The second kappa shape index (κ2) is 5.72. The average Bonchev–Trinajstić information content (AvgIpc) is 2.88. The van der Waals surface area contributed by atoms with Gasteiger partial charge in [-0.25, -0.2) is 0 Å². The van der Waals surface area contributed by atoms with Crippen LogP contribution in [0.3, 0.4) is 0 Å². The van der Waals surface area contributed by atoms with Crippen LogP contribution in [0, 0.1) is 0 Å². The lowest BCUT2D eigenvalue weighted by Crippen LogP contribution is -2.46. The lowest BCUT2D eigenvalue weighted by atomic mass is 9.94. The topological polar surface area (TPSA) is 64.4 Å². The SMILES string of the molecule is CC(C)(NC(=O)[C@@H]1CC[C@H](CN)O1)c1ccccc1. The number of hydrogen-bond acceptors (Lipinski definition) is 3. The van der Waals surface area contributed by atoms with Crippen molar-refractivity contribution in [1.82, 2.24) is 5.32 Å². The Morgan fingerprint density at radius 1 is 1.37 bits per heavy atom. The van der Waals surface area contributed by atoms with E-state index in [1.54, 1.807) is 0 Å². The number of amides is 1. The summed E-state index contributed by atoms with van der Waals surface area (Å²) in [4.78, 5) is 12.2. The highest BCUT2D eigenvalue weighted by atomic mass is 16.5. The summed E-state index contributed by atoms with van der Waals surface area (Å²) in [6.07, 6.45) is 1.27. The minimum absolute atomic E-state index is 0.0237. The summed E-state index contributed by atoms with van der Waals surface area (Å²) in [6, 6.07) is 9.93. The van der Waals surface area contributed by atoms with Gasteiger partial charge in [-0.15, -0.1) is 0 Å². The van der Waals surface area contributed by atoms with Gasteiger partial charge in [0.1, 0.15) is 6.10 Å². The maximum Gasteiger partial charge on any atom is 0.249 e. The third-order valence-electron chi connectivity index (χ3n) is 3.59. The smallest absolute Gasteiger partial charge is 0.249 e. The van der Waals surface area contributed by atoms with Gasteiger partial charge in [0, 0.05) is 6.54 Å². The number of benzene rings is 1. The number of hydrogen-bond donors (Lipinski definition) is 2. The molecule has 0 unspecified atom stereocenters. The Morgan fingerprint density at radius 3 is 2.63 bits per heavy atom. The summed E-state index contributed by atoms with van der Waals surface area (Å²) in [5.41, 5.74) is 6.24. The average molecular weight is 262 g/mol. The monoisotopic (exact) mass is 262 g/mol. The molecule has 104 valence electrons. The van der Waals surface area contributed by atoms with Gasteiger partial charge >= 0.3 is 0 Å². The number of carbonyl (C=O) groups is 1. The standard InChI is InChI=1S/C15H22N2O2/c1-15(2,11-6-4-3-5-7-11)17-14(18)13-9-8-12(10-16)19-13/h3-7,12-13H,8-10,16H2,1-2H3,(H,17,18)/t12-,13+/m1/s1.